The number of nitrogens with zero attached hydrogens (tertiary/aromatic N) is 4. The van der Waals surface area contributed by atoms with Gasteiger partial charge in [-0.05, 0) is 43.7 Å². The van der Waals surface area contributed by atoms with Gasteiger partial charge in [0.2, 0.25) is 0 Å². The summed E-state index contributed by atoms with van der Waals surface area (Å²) in [6.45, 7) is 13.2. The van der Waals surface area contributed by atoms with Crippen molar-refractivity contribution in [1.82, 2.24) is 10.1 Å². The highest BCUT2D eigenvalue weighted by Crippen LogP contribution is 2.38. The molecule has 0 unspecified atom stereocenters. The van der Waals surface area contributed by atoms with E-state index in [9.17, 15) is 5.11 Å². The number of nitrogens with two attached hydrogens (primary N) is 2. The molecule has 0 saturated carbocycles. The lowest BCUT2D eigenvalue weighted by atomic mass is 9.72. The number of allylic oxidation sites excluding steroid dienone is 1. The zero-order chi connectivity index (χ0) is 23.5. The van der Waals surface area contributed by atoms with E-state index in [1.165, 1.54) is 6.20 Å². The van der Waals surface area contributed by atoms with Gasteiger partial charge in [-0.3, -0.25) is 0 Å². The van der Waals surface area contributed by atoms with Crippen molar-refractivity contribution in [2.75, 3.05) is 18.0 Å². The first kappa shape index (κ1) is 23.5. The van der Waals surface area contributed by atoms with Crippen LogP contribution in [0.3, 0.4) is 0 Å². The molecule has 2 heterocycles. The van der Waals surface area contributed by atoms with Gasteiger partial charge in [0.1, 0.15) is 5.82 Å². The van der Waals surface area contributed by atoms with Crippen LogP contribution in [0.1, 0.15) is 57.5 Å². The molecular formula is C24H34N6O2. The Labute approximate surface area is 189 Å². The van der Waals surface area contributed by atoms with E-state index in [0.717, 1.165) is 16.7 Å². The van der Waals surface area contributed by atoms with Crippen LogP contribution >= 0.6 is 0 Å². The number of piperidine rings is 1. The van der Waals surface area contributed by atoms with Crippen molar-refractivity contribution in [1.29, 1.82) is 0 Å². The van der Waals surface area contributed by atoms with Crippen LogP contribution in [-0.2, 0) is 5.41 Å². The first-order valence-corrected chi connectivity index (χ1v) is 10.9. The summed E-state index contributed by atoms with van der Waals surface area (Å²) < 4.78 is 5.64. The summed E-state index contributed by atoms with van der Waals surface area (Å²) in [5.74, 6) is 1.08. The molecular weight excluding hydrogens is 404 g/mol. The third kappa shape index (κ3) is 4.85. The number of aromatic nitrogens is 2. The maximum Gasteiger partial charge on any atom is 0.324 e. The molecule has 172 valence electrons. The van der Waals surface area contributed by atoms with Gasteiger partial charge < -0.3 is 26.0 Å². The number of benzene rings is 1. The average Bonchev–Trinajstić information content (AvgIpc) is 3.24. The van der Waals surface area contributed by atoms with Crippen LogP contribution in [-0.4, -0.2) is 40.2 Å². The molecule has 2 aromatic rings. The lowest BCUT2D eigenvalue weighted by Gasteiger charge is -2.34. The molecule has 1 saturated heterocycles. The molecule has 3 rings (SSSR count). The lowest BCUT2D eigenvalue weighted by Crippen LogP contribution is -2.42. The zero-order valence-electron chi connectivity index (χ0n) is 19.4. The van der Waals surface area contributed by atoms with E-state index in [0.29, 0.717) is 37.8 Å². The van der Waals surface area contributed by atoms with Crippen molar-refractivity contribution in [3.8, 4) is 0 Å². The summed E-state index contributed by atoms with van der Waals surface area (Å²) in [5.41, 5.74) is 12.9. The van der Waals surface area contributed by atoms with Crippen LogP contribution in [0.25, 0.3) is 5.57 Å². The largest absolute Gasteiger partial charge is 0.404 e. The number of hydrogen-bond acceptors (Lipinski definition) is 8. The lowest BCUT2D eigenvalue weighted by molar-refractivity contribution is 0.0341. The van der Waals surface area contributed by atoms with Gasteiger partial charge in [-0.25, -0.2) is 4.99 Å². The van der Waals surface area contributed by atoms with Crippen molar-refractivity contribution in [2.24, 2.45) is 22.4 Å². The van der Waals surface area contributed by atoms with Gasteiger partial charge in [0, 0.05) is 31.1 Å². The number of aliphatic hydroxyl groups is 1. The Morgan fingerprint density at radius 3 is 2.47 bits per heavy atom. The van der Waals surface area contributed by atoms with E-state index in [2.05, 4.69) is 49.6 Å². The van der Waals surface area contributed by atoms with Gasteiger partial charge in [-0.15, -0.1) is 0 Å². The normalized spacial score (nSPS) is 18.8. The third-order valence-electron chi connectivity index (χ3n) is 6.51. The van der Waals surface area contributed by atoms with Crippen molar-refractivity contribution in [3.63, 3.8) is 0 Å². The van der Waals surface area contributed by atoms with Gasteiger partial charge in [-0.1, -0.05) is 49.8 Å². The van der Waals surface area contributed by atoms with Crippen LogP contribution in [0.2, 0.25) is 0 Å². The summed E-state index contributed by atoms with van der Waals surface area (Å²) in [5, 5.41) is 14.6. The predicted molar refractivity (Wildman–Crippen MR) is 128 cm³/mol. The Morgan fingerprint density at radius 2 is 1.94 bits per heavy atom. The molecule has 1 aromatic carbocycles. The van der Waals surface area contributed by atoms with E-state index < -0.39 is 11.0 Å². The van der Waals surface area contributed by atoms with Gasteiger partial charge in [0.25, 0.3) is 0 Å². The Kier molecular flexibility index (Phi) is 6.74. The molecule has 1 fully saturated rings. The molecule has 1 aromatic heterocycles. The van der Waals surface area contributed by atoms with Gasteiger partial charge >= 0.3 is 6.01 Å². The third-order valence-corrected chi connectivity index (χ3v) is 6.51. The first-order chi connectivity index (χ1) is 15.1. The van der Waals surface area contributed by atoms with E-state index in [1.807, 2.05) is 24.0 Å². The Bertz CT molecular complexity index is 996. The van der Waals surface area contributed by atoms with Crippen molar-refractivity contribution in [3.05, 3.63) is 59.8 Å². The minimum atomic E-state index is -0.632. The summed E-state index contributed by atoms with van der Waals surface area (Å²) in [6, 6.07) is 8.60. The summed E-state index contributed by atoms with van der Waals surface area (Å²) in [7, 11) is 0. The summed E-state index contributed by atoms with van der Waals surface area (Å²) in [4.78, 5) is 10.8. The fraction of sp³-hybridized carbons (Fsp3) is 0.458. The monoisotopic (exact) mass is 438 g/mol. The molecule has 0 amide bonds. The molecule has 0 aliphatic carbocycles. The van der Waals surface area contributed by atoms with Crippen molar-refractivity contribution < 1.29 is 9.63 Å². The summed E-state index contributed by atoms with van der Waals surface area (Å²) >= 11 is 0. The van der Waals surface area contributed by atoms with Crippen LogP contribution in [0, 0.1) is 5.92 Å². The molecule has 8 heteroatoms. The van der Waals surface area contributed by atoms with Crippen LogP contribution in [0.5, 0.6) is 0 Å². The number of hydrogen-bond donors (Lipinski definition) is 3. The molecule has 8 nitrogen and oxygen atoms in total. The highest BCUT2D eigenvalue weighted by molar-refractivity contribution is 6.09. The summed E-state index contributed by atoms with van der Waals surface area (Å²) in [6.07, 6.45) is 4.43. The Balaban J connectivity index is 1.87. The van der Waals surface area contributed by atoms with Gasteiger partial charge in [0.05, 0.1) is 11.0 Å². The zero-order valence-corrected chi connectivity index (χ0v) is 19.4. The van der Waals surface area contributed by atoms with E-state index in [-0.39, 0.29) is 11.7 Å². The maximum absolute atomic E-state index is 10.2. The van der Waals surface area contributed by atoms with Crippen molar-refractivity contribution >= 4 is 17.8 Å². The molecule has 1 atom stereocenters. The van der Waals surface area contributed by atoms with E-state index >= 15 is 0 Å². The maximum atomic E-state index is 10.2. The molecule has 0 spiro atoms. The van der Waals surface area contributed by atoms with E-state index in [4.69, 9.17) is 21.0 Å². The second-order valence-electron chi connectivity index (χ2n) is 9.19. The van der Waals surface area contributed by atoms with Crippen LogP contribution < -0.4 is 16.4 Å². The smallest absolute Gasteiger partial charge is 0.324 e. The van der Waals surface area contributed by atoms with Crippen LogP contribution in [0.15, 0.2) is 52.4 Å². The molecule has 0 radical (unpaired) electrons. The minimum absolute atomic E-state index is 0.215. The number of anilines is 1. The second kappa shape index (κ2) is 9.16. The fourth-order valence-corrected chi connectivity index (χ4v) is 3.83. The SMILES string of the molecule is C=C(N)N=C/C(=C\N)c1ccc([C@@](C)(c2noc(N3CCC(C)(O)CC3)n2)C(C)C)cc1. The first-order valence-electron chi connectivity index (χ1n) is 10.9. The molecule has 5 N–H and O–H groups in total. The Morgan fingerprint density at radius 1 is 1.31 bits per heavy atom. The van der Waals surface area contributed by atoms with Gasteiger partial charge in [0.15, 0.2) is 5.82 Å². The molecule has 32 heavy (non-hydrogen) atoms. The molecule has 0 bridgehead atoms. The molecule has 1 aliphatic heterocycles. The standard InChI is InChI=1S/C24H34N6O2/c1-16(2)24(5,20-8-6-18(7-9-20)19(14-25)15-27-17(3)26)21-28-22(32-29-21)30-12-10-23(4,31)11-13-30/h6-9,14-16,31H,3,10-13,25-26H2,1-2,4-5H3/b19-14+,27-15?/t24-/m0/s1. The number of aliphatic imine (C=N–C) groups is 1. The van der Waals surface area contributed by atoms with Crippen molar-refractivity contribution in [2.45, 2.75) is 51.6 Å². The fourth-order valence-electron chi connectivity index (χ4n) is 3.83. The number of rotatable bonds is 7. The average molecular weight is 439 g/mol. The topological polar surface area (TPSA) is 127 Å². The van der Waals surface area contributed by atoms with Gasteiger partial charge in [-0.2, -0.15) is 4.98 Å². The Hall–Kier alpha value is -3.13. The minimum Gasteiger partial charge on any atom is -0.404 e. The highest BCUT2D eigenvalue weighted by Gasteiger charge is 2.38. The van der Waals surface area contributed by atoms with E-state index in [1.54, 1.807) is 6.21 Å². The predicted octanol–water partition coefficient (Wildman–Crippen LogP) is 3.18. The highest BCUT2D eigenvalue weighted by atomic mass is 16.5. The quantitative estimate of drug-likeness (QED) is 0.567. The van der Waals surface area contributed by atoms with Crippen LogP contribution in [0.4, 0.5) is 6.01 Å². The second-order valence-corrected chi connectivity index (χ2v) is 9.19. The molecule has 1 aliphatic rings.